The molecule has 0 aliphatic carbocycles. The molecule has 214 valence electrons. The van der Waals surface area contributed by atoms with Crippen LogP contribution in [0.3, 0.4) is 0 Å². The molecule has 0 aliphatic rings. The number of hydrogen-bond acceptors (Lipinski definition) is 5. The number of sulfonamides is 1. The lowest BCUT2D eigenvalue weighted by Crippen LogP contribution is -2.53. The summed E-state index contributed by atoms with van der Waals surface area (Å²) < 4.78 is 34.3. The van der Waals surface area contributed by atoms with Gasteiger partial charge in [-0.1, -0.05) is 62.4 Å². The summed E-state index contributed by atoms with van der Waals surface area (Å²) in [5, 5.41) is 2.90. The Morgan fingerprint density at radius 3 is 2.08 bits per heavy atom. The molecule has 0 spiro atoms. The van der Waals surface area contributed by atoms with Crippen LogP contribution < -0.4 is 14.4 Å². The van der Waals surface area contributed by atoms with Crippen molar-refractivity contribution in [1.82, 2.24) is 10.2 Å². The molecule has 0 saturated carbocycles. The minimum Gasteiger partial charge on any atom is -0.494 e. The first kappa shape index (κ1) is 30.7. The standard InChI is InChI=1S/C31H39N3O5S/c1-4-22-32-31(36)29(5-2)33(23-21-25-13-9-7-10-14-25)30(35)24-34(26-15-11-8-12-16-26)40(37,38)28-19-17-27(18-20-28)39-6-3/h7-20,29H,4-6,21-24H2,1-3H3,(H,32,36). The molecule has 2 amide bonds. The van der Waals surface area contributed by atoms with Crippen LogP contribution in [-0.4, -0.2) is 57.4 Å². The summed E-state index contributed by atoms with van der Waals surface area (Å²) in [6.45, 7) is 6.44. The van der Waals surface area contributed by atoms with E-state index < -0.39 is 28.5 Å². The number of rotatable bonds is 15. The van der Waals surface area contributed by atoms with Gasteiger partial charge in [0.2, 0.25) is 11.8 Å². The molecule has 0 aliphatic heterocycles. The number of carbonyl (C=O) groups is 2. The Hall–Kier alpha value is -3.85. The fourth-order valence-corrected chi connectivity index (χ4v) is 5.80. The maximum atomic E-state index is 14.0. The van der Waals surface area contributed by atoms with E-state index in [1.165, 1.54) is 17.0 Å². The number of hydrogen-bond donors (Lipinski definition) is 1. The van der Waals surface area contributed by atoms with Gasteiger partial charge in [0.05, 0.1) is 17.2 Å². The number of nitrogens with zero attached hydrogens (tertiary/aromatic N) is 2. The van der Waals surface area contributed by atoms with E-state index >= 15 is 0 Å². The van der Waals surface area contributed by atoms with Crippen molar-refractivity contribution in [3.8, 4) is 5.75 Å². The van der Waals surface area contributed by atoms with E-state index in [0.29, 0.717) is 37.4 Å². The molecular weight excluding hydrogens is 526 g/mol. The molecule has 9 heteroatoms. The maximum absolute atomic E-state index is 14.0. The van der Waals surface area contributed by atoms with Crippen LogP contribution in [0.25, 0.3) is 0 Å². The molecule has 1 unspecified atom stereocenters. The second-order valence-corrected chi connectivity index (χ2v) is 11.2. The zero-order valence-electron chi connectivity index (χ0n) is 23.5. The molecule has 8 nitrogen and oxygen atoms in total. The second kappa shape index (κ2) is 15.1. The van der Waals surface area contributed by atoms with Crippen molar-refractivity contribution >= 4 is 27.5 Å². The summed E-state index contributed by atoms with van der Waals surface area (Å²) in [5.74, 6) is -0.140. The molecule has 0 heterocycles. The predicted molar refractivity (Wildman–Crippen MR) is 158 cm³/mol. The molecule has 0 aromatic heterocycles. The lowest BCUT2D eigenvalue weighted by Gasteiger charge is -2.33. The van der Waals surface area contributed by atoms with Gasteiger partial charge in [0.25, 0.3) is 10.0 Å². The Morgan fingerprint density at radius 1 is 0.875 bits per heavy atom. The molecule has 0 saturated heterocycles. The number of carbonyl (C=O) groups excluding carboxylic acids is 2. The number of anilines is 1. The monoisotopic (exact) mass is 565 g/mol. The summed E-state index contributed by atoms with van der Waals surface area (Å²) in [5.41, 5.74) is 1.38. The zero-order chi connectivity index (χ0) is 29.0. The van der Waals surface area contributed by atoms with Crippen LogP contribution in [0.1, 0.15) is 39.2 Å². The summed E-state index contributed by atoms with van der Waals surface area (Å²) >= 11 is 0. The van der Waals surface area contributed by atoms with Crippen LogP contribution in [0.2, 0.25) is 0 Å². The Morgan fingerprint density at radius 2 is 1.50 bits per heavy atom. The van der Waals surface area contributed by atoms with Gasteiger partial charge < -0.3 is 15.0 Å². The summed E-state index contributed by atoms with van der Waals surface area (Å²) in [7, 11) is -4.12. The Balaban J connectivity index is 1.96. The number of nitrogens with one attached hydrogen (secondary N) is 1. The van der Waals surface area contributed by atoms with Gasteiger partial charge in [-0.25, -0.2) is 8.42 Å². The lowest BCUT2D eigenvalue weighted by atomic mass is 10.1. The molecule has 40 heavy (non-hydrogen) atoms. The molecule has 0 bridgehead atoms. The molecular formula is C31H39N3O5S. The fraction of sp³-hybridized carbons (Fsp3) is 0.355. The van der Waals surface area contributed by atoms with Gasteiger partial charge in [-0.3, -0.25) is 13.9 Å². The molecule has 3 rings (SSSR count). The Bertz CT molecular complexity index is 1320. The van der Waals surface area contributed by atoms with Crippen LogP contribution in [0.5, 0.6) is 5.75 Å². The van der Waals surface area contributed by atoms with Gasteiger partial charge in [-0.05, 0) is 68.1 Å². The normalized spacial score (nSPS) is 11.9. The van der Waals surface area contributed by atoms with E-state index in [1.54, 1.807) is 42.5 Å². The number of benzene rings is 3. The maximum Gasteiger partial charge on any atom is 0.264 e. The van der Waals surface area contributed by atoms with Crippen molar-refractivity contribution in [2.24, 2.45) is 0 Å². The van der Waals surface area contributed by atoms with Crippen LogP contribution in [0.4, 0.5) is 5.69 Å². The van der Waals surface area contributed by atoms with Gasteiger partial charge in [0.1, 0.15) is 18.3 Å². The average Bonchev–Trinajstić information content (AvgIpc) is 2.98. The van der Waals surface area contributed by atoms with Crippen molar-refractivity contribution < 1.29 is 22.7 Å². The summed E-state index contributed by atoms with van der Waals surface area (Å²) in [6, 6.07) is 23.6. The van der Waals surface area contributed by atoms with Crippen molar-refractivity contribution in [2.75, 3.05) is 30.5 Å². The molecule has 3 aromatic carbocycles. The highest BCUT2D eigenvalue weighted by atomic mass is 32.2. The highest BCUT2D eigenvalue weighted by Gasteiger charge is 2.33. The zero-order valence-corrected chi connectivity index (χ0v) is 24.3. The van der Waals surface area contributed by atoms with Crippen molar-refractivity contribution in [1.29, 1.82) is 0 Å². The van der Waals surface area contributed by atoms with E-state index in [1.807, 2.05) is 51.1 Å². The number of ether oxygens (including phenoxy) is 1. The SMILES string of the molecule is CCCNC(=O)C(CC)N(CCc1ccccc1)C(=O)CN(c1ccccc1)S(=O)(=O)c1ccc(OCC)cc1. The third kappa shape index (κ3) is 8.08. The van der Waals surface area contributed by atoms with E-state index in [4.69, 9.17) is 4.74 Å². The highest BCUT2D eigenvalue weighted by molar-refractivity contribution is 7.92. The predicted octanol–water partition coefficient (Wildman–Crippen LogP) is 4.66. The van der Waals surface area contributed by atoms with Gasteiger partial charge in [0, 0.05) is 13.1 Å². The van der Waals surface area contributed by atoms with Gasteiger partial charge in [0.15, 0.2) is 0 Å². The summed E-state index contributed by atoms with van der Waals surface area (Å²) in [6.07, 6.45) is 1.69. The van der Waals surface area contributed by atoms with Crippen molar-refractivity contribution in [2.45, 2.75) is 51.0 Å². The topological polar surface area (TPSA) is 96.0 Å². The van der Waals surface area contributed by atoms with E-state index in [0.717, 1.165) is 16.3 Å². The molecule has 1 N–H and O–H groups in total. The number of para-hydroxylation sites is 1. The van der Waals surface area contributed by atoms with Crippen LogP contribution in [-0.2, 0) is 26.0 Å². The highest BCUT2D eigenvalue weighted by Crippen LogP contribution is 2.26. The quantitative estimate of drug-likeness (QED) is 0.289. The molecule has 3 aromatic rings. The Kier molecular flexibility index (Phi) is 11.6. The first-order chi connectivity index (χ1) is 19.3. The fourth-order valence-electron chi connectivity index (χ4n) is 4.39. The van der Waals surface area contributed by atoms with Crippen molar-refractivity contribution in [3.05, 3.63) is 90.5 Å². The number of amides is 2. The Labute approximate surface area is 238 Å². The smallest absolute Gasteiger partial charge is 0.264 e. The third-order valence-corrected chi connectivity index (χ3v) is 8.25. The molecule has 1 atom stereocenters. The average molecular weight is 566 g/mol. The van der Waals surface area contributed by atoms with Crippen molar-refractivity contribution in [3.63, 3.8) is 0 Å². The molecule has 0 fully saturated rings. The largest absolute Gasteiger partial charge is 0.494 e. The van der Waals surface area contributed by atoms with E-state index in [-0.39, 0.29) is 17.3 Å². The first-order valence-electron chi connectivity index (χ1n) is 13.7. The third-order valence-electron chi connectivity index (χ3n) is 6.47. The van der Waals surface area contributed by atoms with E-state index in [9.17, 15) is 18.0 Å². The second-order valence-electron chi connectivity index (χ2n) is 9.29. The summed E-state index contributed by atoms with van der Waals surface area (Å²) in [4.78, 5) is 28.6. The van der Waals surface area contributed by atoms with Gasteiger partial charge >= 0.3 is 0 Å². The minimum atomic E-state index is -4.12. The van der Waals surface area contributed by atoms with Gasteiger partial charge in [-0.2, -0.15) is 0 Å². The van der Waals surface area contributed by atoms with Crippen LogP contribution in [0, 0.1) is 0 Å². The van der Waals surface area contributed by atoms with Crippen LogP contribution in [0.15, 0.2) is 89.8 Å². The van der Waals surface area contributed by atoms with Crippen LogP contribution >= 0.6 is 0 Å². The lowest BCUT2D eigenvalue weighted by molar-refractivity contribution is -0.139. The van der Waals surface area contributed by atoms with E-state index in [2.05, 4.69) is 5.32 Å². The first-order valence-corrected chi connectivity index (χ1v) is 15.2. The molecule has 0 radical (unpaired) electrons. The van der Waals surface area contributed by atoms with Gasteiger partial charge in [-0.15, -0.1) is 0 Å². The minimum absolute atomic E-state index is 0.0381.